The number of amides is 3. The standard InChI is InChI=1S/C12H14N2O4/c1-17-9-5-8(6-10(7-9)18-2)11(15)14-4-3-13-12(14)16/h5-7H,3-4H2,1-2H3,(H,13,16). The molecular formula is C12H14N2O4. The maximum Gasteiger partial charge on any atom is 0.324 e. The minimum absolute atomic E-state index is 0.359. The Bertz CT molecular complexity index is 465. The van der Waals surface area contributed by atoms with Crippen LogP contribution >= 0.6 is 0 Å². The molecule has 0 bridgehead atoms. The van der Waals surface area contributed by atoms with Crippen molar-refractivity contribution in [3.63, 3.8) is 0 Å². The van der Waals surface area contributed by atoms with E-state index < -0.39 is 0 Å². The summed E-state index contributed by atoms with van der Waals surface area (Å²) in [6.45, 7) is 0.850. The molecule has 3 amide bonds. The molecule has 0 unspecified atom stereocenters. The van der Waals surface area contributed by atoms with Crippen LogP contribution in [0, 0.1) is 0 Å². The molecule has 18 heavy (non-hydrogen) atoms. The summed E-state index contributed by atoms with van der Waals surface area (Å²) in [5.74, 6) is 0.664. The number of hydrogen-bond acceptors (Lipinski definition) is 4. The van der Waals surface area contributed by atoms with Crippen molar-refractivity contribution < 1.29 is 19.1 Å². The molecule has 1 heterocycles. The van der Waals surface area contributed by atoms with Gasteiger partial charge in [0.1, 0.15) is 11.5 Å². The Labute approximate surface area is 104 Å². The average Bonchev–Trinajstić information content (AvgIpc) is 2.83. The summed E-state index contributed by atoms with van der Waals surface area (Å²) in [5.41, 5.74) is 0.364. The molecule has 1 aromatic carbocycles. The predicted molar refractivity (Wildman–Crippen MR) is 64.0 cm³/mol. The number of ether oxygens (including phenoxy) is 2. The molecule has 1 aliphatic heterocycles. The summed E-state index contributed by atoms with van der Waals surface area (Å²) in [6.07, 6.45) is 0. The van der Waals surface area contributed by atoms with Crippen LogP contribution in [0.5, 0.6) is 11.5 Å². The van der Waals surface area contributed by atoms with E-state index in [0.717, 1.165) is 4.90 Å². The van der Waals surface area contributed by atoms with Crippen molar-refractivity contribution in [3.8, 4) is 11.5 Å². The monoisotopic (exact) mass is 250 g/mol. The van der Waals surface area contributed by atoms with Gasteiger partial charge in [0.05, 0.1) is 14.2 Å². The molecule has 1 N–H and O–H groups in total. The second kappa shape index (κ2) is 4.95. The number of methoxy groups -OCH3 is 2. The third kappa shape index (κ3) is 2.22. The highest BCUT2D eigenvalue weighted by Gasteiger charge is 2.27. The number of nitrogens with one attached hydrogen (secondary N) is 1. The van der Waals surface area contributed by atoms with Crippen LogP contribution in [0.2, 0.25) is 0 Å². The van der Waals surface area contributed by atoms with Crippen LogP contribution in [0.1, 0.15) is 10.4 Å². The van der Waals surface area contributed by atoms with Gasteiger partial charge >= 0.3 is 6.03 Å². The summed E-state index contributed by atoms with van der Waals surface area (Å²) in [4.78, 5) is 24.7. The molecule has 1 aliphatic rings. The van der Waals surface area contributed by atoms with E-state index in [4.69, 9.17) is 9.47 Å². The second-order valence-corrected chi connectivity index (χ2v) is 3.79. The molecule has 0 radical (unpaired) electrons. The summed E-state index contributed by atoms with van der Waals surface area (Å²) >= 11 is 0. The Kier molecular flexibility index (Phi) is 3.36. The number of urea groups is 1. The number of rotatable bonds is 3. The van der Waals surface area contributed by atoms with Gasteiger partial charge in [-0.3, -0.25) is 9.69 Å². The Morgan fingerprint density at radius 2 is 1.83 bits per heavy atom. The maximum atomic E-state index is 12.1. The SMILES string of the molecule is COc1cc(OC)cc(C(=O)N2CCNC2=O)c1. The number of hydrogen-bond donors (Lipinski definition) is 1. The van der Waals surface area contributed by atoms with Crippen LogP contribution in [0.4, 0.5) is 4.79 Å². The van der Waals surface area contributed by atoms with Gasteiger partial charge in [0.15, 0.2) is 0 Å². The fourth-order valence-corrected chi connectivity index (χ4v) is 1.75. The first-order chi connectivity index (χ1) is 8.65. The lowest BCUT2D eigenvalue weighted by Gasteiger charge is -2.13. The number of carbonyl (C=O) groups is 2. The number of benzene rings is 1. The third-order valence-corrected chi connectivity index (χ3v) is 2.70. The molecule has 1 aromatic rings. The highest BCUT2D eigenvalue weighted by Crippen LogP contribution is 2.23. The molecule has 0 aliphatic carbocycles. The van der Waals surface area contributed by atoms with Crippen LogP contribution in [0.3, 0.4) is 0 Å². The van der Waals surface area contributed by atoms with Gasteiger partial charge in [-0.15, -0.1) is 0 Å². The Morgan fingerprint density at radius 1 is 1.22 bits per heavy atom. The zero-order valence-electron chi connectivity index (χ0n) is 10.2. The van der Waals surface area contributed by atoms with Crippen molar-refractivity contribution in [2.24, 2.45) is 0 Å². The van der Waals surface area contributed by atoms with Gasteiger partial charge in [-0.1, -0.05) is 0 Å². The first-order valence-electron chi connectivity index (χ1n) is 5.48. The van der Waals surface area contributed by atoms with Crippen LogP contribution in [0.15, 0.2) is 18.2 Å². The Balaban J connectivity index is 2.31. The molecule has 1 saturated heterocycles. The number of nitrogens with zero attached hydrogens (tertiary/aromatic N) is 1. The highest BCUT2D eigenvalue weighted by atomic mass is 16.5. The van der Waals surface area contributed by atoms with Crippen molar-refractivity contribution in [2.75, 3.05) is 27.3 Å². The fraction of sp³-hybridized carbons (Fsp3) is 0.333. The first kappa shape index (κ1) is 12.2. The van der Waals surface area contributed by atoms with E-state index in [1.807, 2.05) is 0 Å². The molecule has 6 heteroatoms. The van der Waals surface area contributed by atoms with E-state index >= 15 is 0 Å². The third-order valence-electron chi connectivity index (χ3n) is 2.70. The predicted octanol–water partition coefficient (Wildman–Crippen LogP) is 0.869. The number of imide groups is 1. The molecule has 6 nitrogen and oxygen atoms in total. The number of carbonyl (C=O) groups excluding carboxylic acids is 2. The van der Waals surface area contributed by atoms with E-state index in [-0.39, 0.29) is 11.9 Å². The van der Waals surface area contributed by atoms with Crippen molar-refractivity contribution in [1.29, 1.82) is 0 Å². The maximum absolute atomic E-state index is 12.1. The molecular weight excluding hydrogens is 236 g/mol. The molecule has 1 fully saturated rings. The fourth-order valence-electron chi connectivity index (χ4n) is 1.75. The van der Waals surface area contributed by atoms with Crippen molar-refractivity contribution in [3.05, 3.63) is 23.8 Å². The topological polar surface area (TPSA) is 67.9 Å². The van der Waals surface area contributed by atoms with E-state index in [1.54, 1.807) is 18.2 Å². The van der Waals surface area contributed by atoms with E-state index in [9.17, 15) is 9.59 Å². The lowest BCUT2D eigenvalue weighted by atomic mass is 10.1. The smallest absolute Gasteiger partial charge is 0.324 e. The van der Waals surface area contributed by atoms with Crippen LogP contribution < -0.4 is 14.8 Å². The minimum Gasteiger partial charge on any atom is -0.497 e. The summed E-state index contributed by atoms with van der Waals surface area (Å²) < 4.78 is 10.2. The zero-order valence-corrected chi connectivity index (χ0v) is 10.2. The molecule has 0 aromatic heterocycles. The summed E-state index contributed by atoms with van der Waals surface area (Å²) in [5, 5.41) is 2.58. The first-order valence-corrected chi connectivity index (χ1v) is 5.48. The normalized spacial score (nSPS) is 14.3. The Morgan fingerprint density at radius 3 is 2.28 bits per heavy atom. The van der Waals surface area contributed by atoms with E-state index in [1.165, 1.54) is 14.2 Å². The van der Waals surface area contributed by atoms with E-state index in [2.05, 4.69) is 5.32 Å². The highest BCUT2D eigenvalue weighted by molar-refractivity contribution is 6.05. The summed E-state index contributed by atoms with van der Waals surface area (Å²) in [7, 11) is 3.01. The Hall–Kier alpha value is -2.24. The second-order valence-electron chi connectivity index (χ2n) is 3.79. The lowest BCUT2D eigenvalue weighted by molar-refractivity contribution is 0.0828. The largest absolute Gasteiger partial charge is 0.497 e. The quantitative estimate of drug-likeness (QED) is 0.864. The van der Waals surface area contributed by atoms with Gasteiger partial charge in [0, 0.05) is 24.7 Å². The van der Waals surface area contributed by atoms with Crippen LogP contribution in [-0.4, -0.2) is 44.1 Å². The van der Waals surface area contributed by atoms with E-state index in [0.29, 0.717) is 30.2 Å². The van der Waals surface area contributed by atoms with Crippen molar-refractivity contribution >= 4 is 11.9 Å². The van der Waals surface area contributed by atoms with Crippen molar-refractivity contribution in [1.82, 2.24) is 10.2 Å². The van der Waals surface area contributed by atoms with Crippen molar-refractivity contribution in [2.45, 2.75) is 0 Å². The van der Waals surface area contributed by atoms with Gasteiger partial charge in [-0.2, -0.15) is 0 Å². The summed E-state index contributed by atoms with van der Waals surface area (Å²) in [6, 6.07) is 4.45. The van der Waals surface area contributed by atoms with Gasteiger partial charge in [-0.25, -0.2) is 4.79 Å². The molecule has 2 rings (SSSR count). The molecule has 96 valence electrons. The molecule has 0 spiro atoms. The van der Waals surface area contributed by atoms with Gasteiger partial charge in [-0.05, 0) is 12.1 Å². The minimum atomic E-state index is -0.373. The van der Waals surface area contributed by atoms with Crippen LogP contribution in [0.25, 0.3) is 0 Å². The van der Waals surface area contributed by atoms with Gasteiger partial charge in [0.2, 0.25) is 0 Å². The van der Waals surface area contributed by atoms with Gasteiger partial charge < -0.3 is 14.8 Å². The van der Waals surface area contributed by atoms with Crippen LogP contribution in [-0.2, 0) is 0 Å². The lowest BCUT2D eigenvalue weighted by Crippen LogP contribution is -2.34. The molecule has 0 atom stereocenters. The van der Waals surface area contributed by atoms with Gasteiger partial charge in [0.25, 0.3) is 5.91 Å². The molecule has 0 saturated carbocycles. The average molecular weight is 250 g/mol. The zero-order chi connectivity index (χ0) is 13.1.